The Kier molecular flexibility index (Phi) is 5.07. The Morgan fingerprint density at radius 2 is 2.10 bits per heavy atom. The first-order chi connectivity index (χ1) is 9.16. The third kappa shape index (κ3) is 3.91. The molecule has 0 aromatic heterocycles. The van der Waals surface area contributed by atoms with Crippen LogP contribution in [0, 0.1) is 5.82 Å². The number of primary sulfonamides is 1. The molecule has 1 atom stereocenters. The average Bonchev–Trinajstić information content (AvgIpc) is 2.37. The van der Waals surface area contributed by atoms with E-state index in [1.54, 1.807) is 14.0 Å². The highest BCUT2D eigenvalue weighted by atomic mass is 32.2. The molecule has 1 aromatic carbocycles. The lowest BCUT2D eigenvalue weighted by atomic mass is 10.2. The Hall–Kier alpha value is -1.67. The zero-order chi connectivity index (χ0) is 15.5. The first-order valence-electron chi connectivity index (χ1n) is 6.00. The van der Waals surface area contributed by atoms with E-state index in [-0.39, 0.29) is 16.5 Å². The minimum Gasteiger partial charge on any atom is -0.372 e. The van der Waals surface area contributed by atoms with Gasteiger partial charge in [0.1, 0.15) is 11.9 Å². The van der Waals surface area contributed by atoms with Crippen molar-refractivity contribution in [3.05, 3.63) is 24.0 Å². The van der Waals surface area contributed by atoms with Crippen molar-refractivity contribution in [2.45, 2.75) is 24.8 Å². The summed E-state index contributed by atoms with van der Waals surface area (Å²) in [6.45, 7) is 3.96. The van der Waals surface area contributed by atoms with Crippen molar-refractivity contribution in [3.63, 3.8) is 0 Å². The molecule has 1 unspecified atom stereocenters. The zero-order valence-electron chi connectivity index (χ0n) is 11.6. The smallest absolute Gasteiger partial charge is 0.244 e. The molecule has 0 aliphatic rings. The third-order valence-corrected chi connectivity index (χ3v) is 3.77. The van der Waals surface area contributed by atoms with Gasteiger partial charge in [-0.3, -0.25) is 4.79 Å². The van der Waals surface area contributed by atoms with E-state index in [0.717, 1.165) is 6.07 Å². The monoisotopic (exact) mass is 303 g/mol. The molecule has 1 amide bonds. The molecule has 8 heteroatoms. The fourth-order valence-corrected chi connectivity index (χ4v) is 2.10. The molecule has 20 heavy (non-hydrogen) atoms. The van der Waals surface area contributed by atoms with E-state index in [4.69, 9.17) is 5.14 Å². The quantitative estimate of drug-likeness (QED) is 0.839. The first kappa shape index (κ1) is 16.4. The number of halogens is 1. The van der Waals surface area contributed by atoms with Crippen LogP contribution in [0.2, 0.25) is 0 Å². The van der Waals surface area contributed by atoms with Crippen LogP contribution in [-0.4, -0.2) is 38.9 Å². The lowest BCUT2D eigenvalue weighted by molar-refractivity contribution is -0.130. The summed E-state index contributed by atoms with van der Waals surface area (Å²) in [5, 5.41) is 7.61. The van der Waals surface area contributed by atoms with E-state index in [0.29, 0.717) is 6.54 Å². The average molecular weight is 303 g/mol. The summed E-state index contributed by atoms with van der Waals surface area (Å²) in [5.41, 5.74) is 0.0442. The van der Waals surface area contributed by atoms with Crippen molar-refractivity contribution in [1.29, 1.82) is 0 Å². The van der Waals surface area contributed by atoms with Crippen LogP contribution in [-0.2, 0) is 14.8 Å². The number of nitrogens with zero attached hydrogens (tertiary/aromatic N) is 1. The van der Waals surface area contributed by atoms with Gasteiger partial charge in [-0.05, 0) is 32.0 Å². The second kappa shape index (κ2) is 6.19. The lowest BCUT2D eigenvalue weighted by Crippen LogP contribution is -2.39. The minimum atomic E-state index is -3.95. The number of nitrogens with one attached hydrogen (secondary N) is 1. The van der Waals surface area contributed by atoms with Gasteiger partial charge in [0.15, 0.2) is 0 Å². The number of hydrogen-bond acceptors (Lipinski definition) is 4. The molecule has 0 saturated heterocycles. The molecule has 0 aliphatic carbocycles. The normalized spacial score (nSPS) is 12.8. The Morgan fingerprint density at radius 3 is 2.55 bits per heavy atom. The molecule has 6 nitrogen and oxygen atoms in total. The van der Waals surface area contributed by atoms with E-state index in [1.807, 2.05) is 6.92 Å². The number of amides is 1. The Balaban J connectivity index is 2.92. The molecule has 3 N–H and O–H groups in total. The first-order valence-corrected chi connectivity index (χ1v) is 7.55. The molecule has 0 saturated carbocycles. The van der Waals surface area contributed by atoms with Crippen LogP contribution >= 0.6 is 0 Å². The molecule has 1 aromatic rings. The van der Waals surface area contributed by atoms with E-state index in [1.165, 1.54) is 17.0 Å². The maximum atomic E-state index is 13.8. The molecule has 0 aliphatic heterocycles. The molecule has 0 bridgehead atoms. The number of sulfonamides is 1. The van der Waals surface area contributed by atoms with Crippen molar-refractivity contribution in [3.8, 4) is 0 Å². The minimum absolute atomic E-state index is 0.0442. The highest BCUT2D eigenvalue weighted by molar-refractivity contribution is 7.89. The SMILES string of the molecule is CCN(C)C(=O)C(C)Nc1ccc(S(N)(=O)=O)cc1F. The van der Waals surface area contributed by atoms with Crippen LogP contribution in [0.5, 0.6) is 0 Å². The van der Waals surface area contributed by atoms with Gasteiger partial charge in [0.25, 0.3) is 0 Å². The van der Waals surface area contributed by atoms with Crippen molar-refractivity contribution in [2.75, 3.05) is 18.9 Å². The van der Waals surface area contributed by atoms with Crippen LogP contribution < -0.4 is 10.5 Å². The van der Waals surface area contributed by atoms with Gasteiger partial charge >= 0.3 is 0 Å². The summed E-state index contributed by atoms with van der Waals surface area (Å²) in [6.07, 6.45) is 0. The lowest BCUT2D eigenvalue weighted by Gasteiger charge is -2.21. The number of carbonyl (C=O) groups excluding carboxylic acids is 1. The predicted octanol–water partition coefficient (Wildman–Crippen LogP) is 0.752. The molecule has 0 heterocycles. The Morgan fingerprint density at radius 1 is 1.50 bits per heavy atom. The fourth-order valence-electron chi connectivity index (χ4n) is 1.57. The Labute approximate surface area is 117 Å². The largest absolute Gasteiger partial charge is 0.372 e. The van der Waals surface area contributed by atoms with E-state index in [2.05, 4.69) is 5.32 Å². The number of likely N-dealkylation sites (N-methyl/N-ethyl adjacent to an activating group) is 1. The van der Waals surface area contributed by atoms with Crippen molar-refractivity contribution in [2.24, 2.45) is 5.14 Å². The van der Waals surface area contributed by atoms with Crippen LogP contribution in [0.15, 0.2) is 23.1 Å². The van der Waals surface area contributed by atoms with E-state index >= 15 is 0 Å². The summed E-state index contributed by atoms with van der Waals surface area (Å²) >= 11 is 0. The standard InChI is InChI=1S/C12H18FN3O3S/c1-4-16(3)12(17)8(2)15-11-6-5-9(7-10(11)13)20(14,18)19/h5-8,15H,4H2,1-3H3,(H2,14,18,19). The summed E-state index contributed by atoms with van der Waals surface area (Å²) in [4.78, 5) is 13.0. The van der Waals surface area contributed by atoms with Crippen molar-refractivity contribution in [1.82, 2.24) is 4.90 Å². The number of nitrogens with two attached hydrogens (primary N) is 1. The number of benzene rings is 1. The van der Waals surface area contributed by atoms with Crippen LogP contribution in [0.4, 0.5) is 10.1 Å². The number of hydrogen-bond donors (Lipinski definition) is 2. The number of rotatable bonds is 5. The van der Waals surface area contributed by atoms with Crippen LogP contribution in [0.25, 0.3) is 0 Å². The maximum absolute atomic E-state index is 13.8. The molecular weight excluding hydrogens is 285 g/mol. The summed E-state index contributed by atoms with van der Waals surface area (Å²) in [5.74, 6) is -0.974. The van der Waals surface area contributed by atoms with Crippen LogP contribution in [0.1, 0.15) is 13.8 Å². The zero-order valence-corrected chi connectivity index (χ0v) is 12.4. The van der Waals surface area contributed by atoms with Gasteiger partial charge in [-0.2, -0.15) is 0 Å². The second-order valence-corrected chi connectivity index (χ2v) is 5.97. The second-order valence-electron chi connectivity index (χ2n) is 4.41. The molecular formula is C12H18FN3O3S. The molecule has 0 radical (unpaired) electrons. The maximum Gasteiger partial charge on any atom is 0.244 e. The molecule has 112 valence electrons. The molecule has 0 spiro atoms. The van der Waals surface area contributed by atoms with Gasteiger partial charge in [-0.1, -0.05) is 0 Å². The van der Waals surface area contributed by atoms with Gasteiger partial charge in [0.05, 0.1) is 10.6 Å². The van der Waals surface area contributed by atoms with Gasteiger partial charge in [0.2, 0.25) is 15.9 Å². The molecule has 0 fully saturated rings. The number of carbonyl (C=O) groups is 1. The van der Waals surface area contributed by atoms with Crippen molar-refractivity contribution >= 4 is 21.6 Å². The highest BCUT2D eigenvalue weighted by Crippen LogP contribution is 2.19. The molecule has 1 rings (SSSR count). The third-order valence-electron chi connectivity index (χ3n) is 2.86. The van der Waals surface area contributed by atoms with Gasteiger partial charge in [0, 0.05) is 13.6 Å². The summed E-state index contributed by atoms with van der Waals surface area (Å²) < 4.78 is 35.9. The van der Waals surface area contributed by atoms with Gasteiger partial charge < -0.3 is 10.2 Å². The van der Waals surface area contributed by atoms with Gasteiger partial charge in [-0.15, -0.1) is 0 Å². The number of anilines is 1. The predicted molar refractivity (Wildman–Crippen MR) is 74.2 cm³/mol. The highest BCUT2D eigenvalue weighted by Gasteiger charge is 2.18. The summed E-state index contributed by atoms with van der Waals surface area (Å²) in [6, 6.07) is 2.61. The Bertz CT molecular complexity index is 604. The topological polar surface area (TPSA) is 92.5 Å². The fraction of sp³-hybridized carbons (Fsp3) is 0.417. The van der Waals surface area contributed by atoms with Gasteiger partial charge in [-0.25, -0.2) is 17.9 Å². The van der Waals surface area contributed by atoms with Crippen LogP contribution in [0.3, 0.4) is 0 Å². The van der Waals surface area contributed by atoms with E-state index in [9.17, 15) is 17.6 Å². The summed E-state index contributed by atoms with van der Waals surface area (Å²) in [7, 11) is -2.31. The van der Waals surface area contributed by atoms with E-state index < -0.39 is 21.9 Å². The van der Waals surface area contributed by atoms with Crippen molar-refractivity contribution < 1.29 is 17.6 Å².